The van der Waals surface area contributed by atoms with Gasteiger partial charge in [0.1, 0.15) is 17.5 Å². The van der Waals surface area contributed by atoms with E-state index < -0.39 is 0 Å². The van der Waals surface area contributed by atoms with Gasteiger partial charge >= 0.3 is 0 Å². The molecule has 2 heterocycles. The zero-order valence-corrected chi connectivity index (χ0v) is 17.9. The third-order valence-corrected chi connectivity index (χ3v) is 5.55. The highest BCUT2D eigenvalue weighted by molar-refractivity contribution is 5.52. The Morgan fingerprint density at radius 3 is 2.55 bits per heavy atom. The van der Waals surface area contributed by atoms with Gasteiger partial charge in [-0.1, -0.05) is 32.4 Å². The molecule has 2 aromatic rings. The molecule has 1 aromatic heterocycles. The van der Waals surface area contributed by atoms with Crippen molar-refractivity contribution in [3.8, 4) is 0 Å². The summed E-state index contributed by atoms with van der Waals surface area (Å²) in [6.07, 6.45) is 3.06. The lowest BCUT2D eigenvalue weighted by molar-refractivity contribution is 0.101. The summed E-state index contributed by atoms with van der Waals surface area (Å²) in [7, 11) is 0. The van der Waals surface area contributed by atoms with E-state index in [9.17, 15) is 9.50 Å². The third kappa shape index (κ3) is 5.73. The van der Waals surface area contributed by atoms with Crippen LogP contribution in [0.25, 0.3) is 0 Å². The second-order valence-corrected chi connectivity index (χ2v) is 7.91. The number of hydrogen-bond donors (Lipinski definition) is 1. The molecule has 1 aliphatic rings. The summed E-state index contributed by atoms with van der Waals surface area (Å²) in [4.78, 5) is 14.1. The summed E-state index contributed by atoms with van der Waals surface area (Å²) in [5.41, 5.74) is 3.08. The molecule has 0 amide bonds. The van der Waals surface area contributed by atoms with Gasteiger partial charge in [0.05, 0.1) is 6.10 Å². The summed E-state index contributed by atoms with van der Waals surface area (Å²) in [6.45, 7) is 10.4. The minimum absolute atomic E-state index is 0.214. The standard InChI is InChI=1S/C23H33FN4O/c1-4-7-20(29)16-27-10-12-28(13-11-27)23-21(22(5-2)25-17(3)26-23)15-18-8-6-9-19(24)14-18/h6,8-9,14,20,29H,4-5,7,10-13,15-16H2,1-3H3/t20-/m1/s1. The third-order valence-electron chi connectivity index (χ3n) is 5.55. The zero-order valence-electron chi connectivity index (χ0n) is 17.9. The maximum Gasteiger partial charge on any atom is 0.136 e. The highest BCUT2D eigenvalue weighted by Gasteiger charge is 2.24. The van der Waals surface area contributed by atoms with Crippen molar-refractivity contribution in [2.24, 2.45) is 0 Å². The van der Waals surface area contributed by atoms with E-state index in [0.29, 0.717) is 6.42 Å². The van der Waals surface area contributed by atoms with Crippen LogP contribution in [-0.4, -0.2) is 58.8 Å². The highest BCUT2D eigenvalue weighted by atomic mass is 19.1. The Bertz CT molecular complexity index is 805. The van der Waals surface area contributed by atoms with E-state index in [1.54, 1.807) is 12.1 Å². The molecular formula is C23H33FN4O. The van der Waals surface area contributed by atoms with Crippen molar-refractivity contribution in [3.05, 3.63) is 52.7 Å². The average molecular weight is 401 g/mol. The van der Waals surface area contributed by atoms with E-state index in [1.807, 2.05) is 13.0 Å². The van der Waals surface area contributed by atoms with Gasteiger partial charge in [0.2, 0.25) is 0 Å². The molecule has 0 radical (unpaired) electrons. The van der Waals surface area contributed by atoms with Crippen LogP contribution in [0.15, 0.2) is 24.3 Å². The molecule has 6 heteroatoms. The molecule has 5 nitrogen and oxygen atoms in total. The molecule has 158 valence electrons. The topological polar surface area (TPSA) is 52.5 Å². The van der Waals surface area contributed by atoms with Crippen LogP contribution in [0.3, 0.4) is 0 Å². The monoisotopic (exact) mass is 400 g/mol. The Labute approximate surface area is 173 Å². The van der Waals surface area contributed by atoms with Crippen LogP contribution in [0.1, 0.15) is 49.3 Å². The molecule has 1 aliphatic heterocycles. The molecule has 0 bridgehead atoms. The second-order valence-electron chi connectivity index (χ2n) is 7.91. The Morgan fingerprint density at radius 2 is 1.90 bits per heavy atom. The molecule has 1 atom stereocenters. The van der Waals surface area contributed by atoms with Crippen molar-refractivity contribution in [1.29, 1.82) is 0 Å². The zero-order chi connectivity index (χ0) is 20.8. The summed E-state index contributed by atoms with van der Waals surface area (Å²) < 4.78 is 13.7. The smallest absolute Gasteiger partial charge is 0.136 e. The van der Waals surface area contributed by atoms with E-state index in [0.717, 1.165) is 80.4 Å². The highest BCUT2D eigenvalue weighted by Crippen LogP contribution is 2.26. The number of rotatable bonds is 8. The molecule has 29 heavy (non-hydrogen) atoms. The number of aliphatic hydroxyl groups is 1. The molecule has 1 aromatic carbocycles. The predicted octanol–water partition coefficient (Wildman–Crippen LogP) is 3.36. The summed E-state index contributed by atoms with van der Waals surface area (Å²) in [5.74, 6) is 1.54. The van der Waals surface area contributed by atoms with Gasteiger partial charge in [0.25, 0.3) is 0 Å². The normalized spacial score (nSPS) is 16.2. The van der Waals surface area contributed by atoms with Crippen LogP contribution < -0.4 is 4.90 Å². The fourth-order valence-corrected chi connectivity index (χ4v) is 4.09. The van der Waals surface area contributed by atoms with E-state index in [-0.39, 0.29) is 11.9 Å². The molecule has 1 saturated heterocycles. The van der Waals surface area contributed by atoms with Gasteiger partial charge in [0.15, 0.2) is 0 Å². The van der Waals surface area contributed by atoms with E-state index in [2.05, 4.69) is 28.6 Å². The SMILES string of the molecule is CCC[C@@H](O)CN1CCN(c2nc(C)nc(CC)c2Cc2cccc(F)c2)CC1. The maximum atomic E-state index is 13.7. The number of aromatic nitrogens is 2. The lowest BCUT2D eigenvalue weighted by Crippen LogP contribution is -2.49. The van der Waals surface area contributed by atoms with Gasteiger partial charge in [-0.05, 0) is 37.5 Å². The Morgan fingerprint density at radius 1 is 1.14 bits per heavy atom. The van der Waals surface area contributed by atoms with Gasteiger partial charge in [0, 0.05) is 50.4 Å². The van der Waals surface area contributed by atoms with Crippen molar-refractivity contribution in [1.82, 2.24) is 14.9 Å². The molecule has 1 fully saturated rings. The number of piperazine rings is 1. The Hall–Kier alpha value is -2.05. The number of aryl methyl sites for hydroxylation is 2. The van der Waals surface area contributed by atoms with E-state index >= 15 is 0 Å². The van der Waals surface area contributed by atoms with Crippen LogP contribution in [0.4, 0.5) is 10.2 Å². The first-order valence-electron chi connectivity index (χ1n) is 10.8. The van der Waals surface area contributed by atoms with Gasteiger partial charge in [-0.15, -0.1) is 0 Å². The van der Waals surface area contributed by atoms with Crippen molar-refractivity contribution in [3.63, 3.8) is 0 Å². The molecule has 1 N–H and O–H groups in total. The maximum absolute atomic E-state index is 13.7. The van der Waals surface area contributed by atoms with Gasteiger partial charge in [-0.2, -0.15) is 0 Å². The van der Waals surface area contributed by atoms with E-state index in [4.69, 9.17) is 4.98 Å². The largest absolute Gasteiger partial charge is 0.392 e. The molecular weight excluding hydrogens is 367 g/mol. The van der Waals surface area contributed by atoms with Crippen molar-refractivity contribution >= 4 is 5.82 Å². The second kappa shape index (κ2) is 10.1. The summed E-state index contributed by atoms with van der Waals surface area (Å²) in [6, 6.07) is 6.78. The number of aliphatic hydroxyl groups excluding tert-OH is 1. The van der Waals surface area contributed by atoms with Crippen molar-refractivity contribution < 1.29 is 9.50 Å². The Balaban J connectivity index is 1.79. The molecule has 3 rings (SSSR count). The van der Waals surface area contributed by atoms with E-state index in [1.165, 1.54) is 6.07 Å². The van der Waals surface area contributed by atoms with Crippen LogP contribution >= 0.6 is 0 Å². The number of benzene rings is 1. The fraction of sp³-hybridized carbons (Fsp3) is 0.565. The molecule has 0 saturated carbocycles. The first-order chi connectivity index (χ1) is 14.0. The van der Waals surface area contributed by atoms with Gasteiger partial charge < -0.3 is 10.0 Å². The quantitative estimate of drug-likeness (QED) is 0.736. The molecule has 0 aliphatic carbocycles. The Kier molecular flexibility index (Phi) is 7.56. The number of β-amino-alcohol motifs (C(OH)–C–C–N with tert-alkyl or cyclic N) is 1. The molecule has 0 spiro atoms. The number of nitrogens with zero attached hydrogens (tertiary/aromatic N) is 4. The first kappa shape index (κ1) is 21.7. The summed E-state index contributed by atoms with van der Waals surface area (Å²) in [5, 5.41) is 10.1. The van der Waals surface area contributed by atoms with Crippen LogP contribution in [-0.2, 0) is 12.8 Å². The number of hydrogen-bond acceptors (Lipinski definition) is 5. The lowest BCUT2D eigenvalue weighted by Gasteiger charge is -2.37. The minimum atomic E-state index is -0.247. The van der Waals surface area contributed by atoms with Crippen molar-refractivity contribution in [2.45, 2.75) is 52.6 Å². The number of anilines is 1. The lowest BCUT2D eigenvalue weighted by atomic mass is 10.0. The number of halogens is 1. The fourth-order valence-electron chi connectivity index (χ4n) is 4.09. The van der Waals surface area contributed by atoms with Gasteiger partial charge in [-0.25, -0.2) is 14.4 Å². The molecule has 0 unspecified atom stereocenters. The van der Waals surface area contributed by atoms with Crippen LogP contribution in [0.2, 0.25) is 0 Å². The average Bonchev–Trinajstić information content (AvgIpc) is 2.70. The minimum Gasteiger partial charge on any atom is -0.392 e. The first-order valence-corrected chi connectivity index (χ1v) is 10.8. The predicted molar refractivity (Wildman–Crippen MR) is 115 cm³/mol. The van der Waals surface area contributed by atoms with Crippen molar-refractivity contribution in [2.75, 3.05) is 37.6 Å². The van der Waals surface area contributed by atoms with Crippen LogP contribution in [0.5, 0.6) is 0 Å². The van der Waals surface area contributed by atoms with Gasteiger partial charge in [-0.3, -0.25) is 4.90 Å². The van der Waals surface area contributed by atoms with Crippen LogP contribution in [0, 0.1) is 12.7 Å². The summed E-state index contributed by atoms with van der Waals surface area (Å²) >= 11 is 0.